The molecule has 0 bridgehead atoms. The van der Waals surface area contributed by atoms with Gasteiger partial charge in [-0.05, 0) is 42.6 Å². The molecule has 0 spiro atoms. The summed E-state index contributed by atoms with van der Waals surface area (Å²) in [5.41, 5.74) is 8.08. The normalized spacial score (nSPS) is 11.1. The number of rotatable bonds is 7. The van der Waals surface area contributed by atoms with Crippen LogP contribution in [0.25, 0.3) is 0 Å². The van der Waals surface area contributed by atoms with Crippen LogP contribution >= 0.6 is 8.19 Å². The summed E-state index contributed by atoms with van der Waals surface area (Å²) in [6.07, 6.45) is 6.86. The summed E-state index contributed by atoms with van der Waals surface area (Å²) in [5, 5.41) is 0.888. The smallest absolute Gasteiger partial charge is 0.252 e. The second-order valence-corrected chi connectivity index (χ2v) is 5.32. The maximum atomic E-state index is 11.3. The van der Waals surface area contributed by atoms with E-state index in [2.05, 4.69) is 19.6 Å². The fourth-order valence-corrected chi connectivity index (χ4v) is 3.18. The van der Waals surface area contributed by atoms with Crippen molar-refractivity contribution in [3.8, 4) is 0 Å². The SMILES string of the molecule is CCCCc1c[pH]c(C(N)=O)c1CCCC. The van der Waals surface area contributed by atoms with Gasteiger partial charge >= 0.3 is 0 Å². The molecule has 90 valence electrons. The third kappa shape index (κ3) is 3.38. The van der Waals surface area contributed by atoms with E-state index in [0.717, 1.165) is 24.6 Å². The van der Waals surface area contributed by atoms with Gasteiger partial charge in [0.25, 0.3) is 5.91 Å². The third-order valence-electron chi connectivity index (χ3n) is 2.91. The molecule has 0 aliphatic rings. The summed E-state index contributed by atoms with van der Waals surface area (Å²) in [6.45, 7) is 4.37. The molecule has 1 unspecified atom stereocenters. The predicted octanol–water partition coefficient (Wildman–Crippen LogP) is 3.50. The largest absolute Gasteiger partial charge is 0.365 e. The first-order valence-electron chi connectivity index (χ1n) is 6.19. The zero-order valence-electron chi connectivity index (χ0n) is 10.3. The molecule has 0 fully saturated rings. The van der Waals surface area contributed by atoms with Crippen molar-refractivity contribution in [1.29, 1.82) is 0 Å². The molecule has 1 amide bonds. The van der Waals surface area contributed by atoms with E-state index in [9.17, 15) is 4.79 Å². The number of nitrogens with two attached hydrogens (primary N) is 1. The summed E-state index contributed by atoms with van der Waals surface area (Å²) >= 11 is 0. The van der Waals surface area contributed by atoms with Crippen LogP contribution in [-0.2, 0) is 12.8 Å². The molecule has 0 radical (unpaired) electrons. The Hall–Kier alpha value is -0.750. The van der Waals surface area contributed by atoms with E-state index in [1.165, 1.54) is 30.4 Å². The van der Waals surface area contributed by atoms with Crippen LogP contribution in [0, 0.1) is 0 Å². The number of carbonyl (C=O) groups is 1. The Morgan fingerprint density at radius 3 is 2.44 bits per heavy atom. The standard InChI is InChI=1S/C13H22NOP/c1-3-5-7-10-9-16-12(13(14)15)11(10)8-6-4-2/h9,16H,3-8H2,1-2H3,(H2,14,15). The molecule has 0 aromatic carbocycles. The van der Waals surface area contributed by atoms with Gasteiger partial charge in [0.15, 0.2) is 0 Å². The van der Waals surface area contributed by atoms with E-state index in [-0.39, 0.29) is 5.91 Å². The Balaban J connectivity index is 2.85. The van der Waals surface area contributed by atoms with Crippen LogP contribution < -0.4 is 5.73 Å². The van der Waals surface area contributed by atoms with Crippen molar-refractivity contribution in [2.45, 2.75) is 52.4 Å². The van der Waals surface area contributed by atoms with Crippen molar-refractivity contribution in [1.82, 2.24) is 0 Å². The highest BCUT2D eigenvalue weighted by Gasteiger charge is 2.13. The van der Waals surface area contributed by atoms with Gasteiger partial charge in [0.05, 0.1) is 5.30 Å². The van der Waals surface area contributed by atoms with Gasteiger partial charge in [-0.3, -0.25) is 4.79 Å². The van der Waals surface area contributed by atoms with Crippen molar-refractivity contribution in [3.63, 3.8) is 0 Å². The van der Waals surface area contributed by atoms with Crippen molar-refractivity contribution in [2.24, 2.45) is 5.73 Å². The molecule has 0 aliphatic heterocycles. The summed E-state index contributed by atoms with van der Waals surface area (Å²) in [4.78, 5) is 11.3. The van der Waals surface area contributed by atoms with Crippen LogP contribution in [0.2, 0.25) is 0 Å². The van der Waals surface area contributed by atoms with Crippen LogP contribution in [0.4, 0.5) is 0 Å². The van der Waals surface area contributed by atoms with Crippen LogP contribution in [0.5, 0.6) is 0 Å². The van der Waals surface area contributed by atoms with Crippen molar-refractivity contribution < 1.29 is 4.79 Å². The predicted molar refractivity (Wildman–Crippen MR) is 71.7 cm³/mol. The fraction of sp³-hybridized carbons (Fsp3) is 0.615. The Labute approximate surface area is 99.7 Å². The maximum absolute atomic E-state index is 11.3. The van der Waals surface area contributed by atoms with E-state index in [4.69, 9.17) is 5.73 Å². The first kappa shape index (κ1) is 13.3. The molecular weight excluding hydrogens is 217 g/mol. The second kappa shape index (κ2) is 6.75. The monoisotopic (exact) mass is 239 g/mol. The molecule has 0 saturated carbocycles. The van der Waals surface area contributed by atoms with Gasteiger partial charge < -0.3 is 5.73 Å². The Morgan fingerprint density at radius 1 is 1.25 bits per heavy atom. The highest BCUT2D eigenvalue weighted by molar-refractivity contribution is 7.32. The lowest BCUT2D eigenvalue weighted by Crippen LogP contribution is -2.11. The molecule has 1 heterocycles. The van der Waals surface area contributed by atoms with E-state index in [0.29, 0.717) is 8.19 Å². The first-order valence-corrected chi connectivity index (χ1v) is 7.27. The summed E-state index contributed by atoms with van der Waals surface area (Å²) in [6, 6.07) is 0. The number of aryl methyl sites for hydroxylation is 1. The van der Waals surface area contributed by atoms with Crippen molar-refractivity contribution >= 4 is 14.1 Å². The molecule has 1 aromatic heterocycles. The van der Waals surface area contributed by atoms with Crippen LogP contribution in [0.3, 0.4) is 0 Å². The van der Waals surface area contributed by atoms with Gasteiger partial charge in [-0.1, -0.05) is 26.7 Å². The van der Waals surface area contributed by atoms with Gasteiger partial charge in [0.2, 0.25) is 0 Å². The molecule has 2 N–H and O–H groups in total. The number of amides is 1. The highest BCUT2D eigenvalue weighted by Crippen LogP contribution is 2.29. The Morgan fingerprint density at radius 2 is 1.88 bits per heavy atom. The minimum atomic E-state index is -0.216. The van der Waals surface area contributed by atoms with Crippen LogP contribution in [-0.4, -0.2) is 5.91 Å². The van der Waals surface area contributed by atoms with E-state index < -0.39 is 0 Å². The lowest BCUT2D eigenvalue weighted by molar-refractivity contribution is 0.100. The third-order valence-corrected chi connectivity index (χ3v) is 4.24. The van der Waals surface area contributed by atoms with E-state index in [1.54, 1.807) is 0 Å². The minimum absolute atomic E-state index is 0.216. The number of unbranched alkanes of at least 4 members (excludes halogenated alkanes) is 2. The molecule has 0 saturated heterocycles. The van der Waals surface area contributed by atoms with E-state index in [1.807, 2.05) is 0 Å². The maximum Gasteiger partial charge on any atom is 0.252 e. The zero-order chi connectivity index (χ0) is 12.0. The molecule has 1 aromatic rings. The van der Waals surface area contributed by atoms with Crippen LogP contribution in [0.15, 0.2) is 5.80 Å². The summed E-state index contributed by atoms with van der Waals surface area (Å²) in [5.74, 6) is 2.01. The Bertz CT molecular complexity index is 344. The van der Waals surface area contributed by atoms with Crippen molar-refractivity contribution in [3.05, 3.63) is 22.2 Å². The van der Waals surface area contributed by atoms with Gasteiger partial charge in [0, 0.05) is 0 Å². The number of carbonyl (C=O) groups excluding carboxylic acids is 1. The molecular formula is C13H22NOP. The Kier molecular flexibility index (Phi) is 5.62. The average molecular weight is 239 g/mol. The summed E-state index contributed by atoms with van der Waals surface area (Å²) in [7, 11) is 0.506. The minimum Gasteiger partial charge on any atom is -0.365 e. The molecule has 1 atom stereocenters. The molecule has 0 aliphatic carbocycles. The lowest BCUT2D eigenvalue weighted by atomic mass is 10.0. The lowest BCUT2D eigenvalue weighted by Gasteiger charge is -2.05. The van der Waals surface area contributed by atoms with Crippen molar-refractivity contribution in [2.75, 3.05) is 0 Å². The van der Waals surface area contributed by atoms with Crippen LogP contribution in [0.1, 0.15) is 60.7 Å². The molecule has 16 heavy (non-hydrogen) atoms. The number of primary amides is 1. The highest BCUT2D eigenvalue weighted by atomic mass is 31.0. The quantitative estimate of drug-likeness (QED) is 0.777. The number of hydrogen-bond donors (Lipinski definition) is 1. The zero-order valence-corrected chi connectivity index (χ0v) is 11.3. The van der Waals surface area contributed by atoms with Gasteiger partial charge in [-0.25, -0.2) is 0 Å². The first-order chi connectivity index (χ1) is 7.70. The topological polar surface area (TPSA) is 43.1 Å². The van der Waals surface area contributed by atoms with E-state index >= 15 is 0 Å². The number of hydrogen-bond acceptors (Lipinski definition) is 1. The molecule has 3 heteroatoms. The molecule has 1 rings (SSSR count). The fourth-order valence-electron chi connectivity index (χ4n) is 1.94. The molecule has 2 nitrogen and oxygen atoms in total. The van der Waals surface area contributed by atoms with Gasteiger partial charge in [-0.2, -0.15) is 0 Å². The summed E-state index contributed by atoms with van der Waals surface area (Å²) < 4.78 is 0. The average Bonchev–Trinajstić information content (AvgIpc) is 2.66. The second-order valence-electron chi connectivity index (χ2n) is 4.24. The van der Waals surface area contributed by atoms with Gasteiger partial charge in [-0.15, -0.1) is 8.19 Å². The van der Waals surface area contributed by atoms with Gasteiger partial charge in [0.1, 0.15) is 0 Å².